The van der Waals surface area contributed by atoms with E-state index in [9.17, 15) is 4.79 Å². The molecule has 4 aromatic rings. The highest BCUT2D eigenvalue weighted by Crippen LogP contribution is 2.41. The van der Waals surface area contributed by atoms with Gasteiger partial charge in [0.05, 0.1) is 26.0 Å². The van der Waals surface area contributed by atoms with E-state index in [1.54, 1.807) is 38.7 Å². The van der Waals surface area contributed by atoms with E-state index in [2.05, 4.69) is 15.2 Å². The molecule has 0 N–H and O–H groups in total. The monoisotopic (exact) mass is 488 g/mol. The van der Waals surface area contributed by atoms with Gasteiger partial charge in [-0.2, -0.15) is 0 Å². The molecule has 1 atom stereocenters. The molecule has 0 spiro atoms. The predicted molar refractivity (Wildman–Crippen MR) is 132 cm³/mol. The van der Waals surface area contributed by atoms with Crippen LogP contribution in [0.1, 0.15) is 22.7 Å². The first-order chi connectivity index (χ1) is 17.2. The normalized spacial score (nSPS) is 14.9. The lowest BCUT2D eigenvalue weighted by atomic mass is 9.87. The van der Waals surface area contributed by atoms with Crippen LogP contribution in [0.3, 0.4) is 0 Å². The standard InChI is InChI=1S/C26H24N4O4S/c1-32-21-14-19-10-13-30(24(17-6-4-3-5-7-17)20(19)15-22(21)33-2)23(31)16-35-26-29-28-25(34-26)18-8-11-27-12-9-18/h3-9,11-12,14-15,24H,10,13,16H2,1-2H3/t24-/m1/s1. The van der Waals surface area contributed by atoms with Crippen molar-refractivity contribution in [1.82, 2.24) is 20.1 Å². The van der Waals surface area contributed by atoms with E-state index in [1.807, 2.05) is 47.4 Å². The highest BCUT2D eigenvalue weighted by atomic mass is 32.2. The minimum Gasteiger partial charge on any atom is -0.493 e. The third-order valence-corrected chi connectivity index (χ3v) is 6.77. The van der Waals surface area contributed by atoms with Crippen LogP contribution < -0.4 is 9.47 Å². The molecule has 35 heavy (non-hydrogen) atoms. The van der Waals surface area contributed by atoms with Crippen molar-refractivity contribution in [1.29, 1.82) is 0 Å². The molecular weight excluding hydrogens is 464 g/mol. The lowest BCUT2D eigenvalue weighted by molar-refractivity contribution is -0.130. The van der Waals surface area contributed by atoms with Crippen LogP contribution >= 0.6 is 11.8 Å². The number of amides is 1. The van der Waals surface area contributed by atoms with E-state index in [1.165, 1.54) is 11.8 Å². The van der Waals surface area contributed by atoms with Crippen molar-refractivity contribution in [3.63, 3.8) is 0 Å². The second-order valence-electron chi connectivity index (χ2n) is 7.95. The van der Waals surface area contributed by atoms with Crippen LogP contribution in [0.2, 0.25) is 0 Å². The number of carbonyl (C=O) groups excluding carboxylic acids is 1. The highest BCUT2D eigenvalue weighted by Gasteiger charge is 2.33. The summed E-state index contributed by atoms with van der Waals surface area (Å²) >= 11 is 1.24. The van der Waals surface area contributed by atoms with Gasteiger partial charge in [-0.25, -0.2) is 0 Å². The Balaban J connectivity index is 1.40. The zero-order valence-corrected chi connectivity index (χ0v) is 20.2. The maximum atomic E-state index is 13.5. The maximum Gasteiger partial charge on any atom is 0.277 e. The summed E-state index contributed by atoms with van der Waals surface area (Å²) in [6.07, 6.45) is 4.05. The number of benzene rings is 2. The quantitative estimate of drug-likeness (QED) is 0.353. The van der Waals surface area contributed by atoms with Crippen molar-refractivity contribution < 1.29 is 18.7 Å². The second-order valence-corrected chi connectivity index (χ2v) is 8.88. The van der Waals surface area contributed by atoms with Gasteiger partial charge in [0, 0.05) is 24.5 Å². The van der Waals surface area contributed by atoms with Crippen LogP contribution in [-0.2, 0) is 11.2 Å². The van der Waals surface area contributed by atoms with Gasteiger partial charge in [-0.15, -0.1) is 10.2 Å². The number of aromatic nitrogens is 3. The molecule has 1 aliphatic rings. The molecule has 0 saturated carbocycles. The van der Waals surface area contributed by atoms with Crippen molar-refractivity contribution in [2.75, 3.05) is 26.5 Å². The molecular formula is C26H24N4O4S. The summed E-state index contributed by atoms with van der Waals surface area (Å²) in [5.74, 6) is 1.91. The van der Waals surface area contributed by atoms with Crippen molar-refractivity contribution in [2.45, 2.75) is 17.7 Å². The van der Waals surface area contributed by atoms with Crippen LogP contribution in [-0.4, -0.2) is 52.5 Å². The molecule has 2 aromatic heterocycles. The van der Waals surface area contributed by atoms with Gasteiger partial charge in [0.2, 0.25) is 11.8 Å². The van der Waals surface area contributed by atoms with E-state index in [4.69, 9.17) is 13.9 Å². The van der Waals surface area contributed by atoms with Crippen LogP contribution in [0.4, 0.5) is 0 Å². The van der Waals surface area contributed by atoms with Crippen molar-refractivity contribution in [3.05, 3.63) is 83.7 Å². The molecule has 5 rings (SSSR count). The van der Waals surface area contributed by atoms with Gasteiger partial charge < -0.3 is 18.8 Å². The summed E-state index contributed by atoms with van der Waals surface area (Å²) in [5.41, 5.74) is 4.01. The number of thioether (sulfide) groups is 1. The molecule has 0 saturated heterocycles. The summed E-state index contributed by atoms with van der Waals surface area (Å²) in [5, 5.41) is 8.53. The Hall–Kier alpha value is -3.85. The van der Waals surface area contributed by atoms with E-state index >= 15 is 0 Å². The largest absolute Gasteiger partial charge is 0.493 e. The number of rotatable bonds is 7. The average molecular weight is 489 g/mol. The van der Waals surface area contributed by atoms with E-state index < -0.39 is 0 Å². The molecule has 178 valence electrons. The van der Waals surface area contributed by atoms with Crippen LogP contribution in [0.15, 0.2) is 76.6 Å². The Morgan fingerprint density at radius 1 is 1.06 bits per heavy atom. The number of fused-ring (bicyclic) bond motifs is 1. The first kappa shape index (κ1) is 22.9. The van der Waals surface area contributed by atoms with E-state index in [0.717, 1.165) is 28.7 Å². The Morgan fingerprint density at radius 2 is 1.80 bits per heavy atom. The van der Waals surface area contributed by atoms with Crippen molar-refractivity contribution in [2.24, 2.45) is 0 Å². The first-order valence-electron chi connectivity index (χ1n) is 11.1. The molecule has 9 heteroatoms. The highest BCUT2D eigenvalue weighted by molar-refractivity contribution is 7.99. The lowest BCUT2D eigenvalue weighted by Crippen LogP contribution is -2.41. The minimum atomic E-state index is -0.233. The summed E-state index contributed by atoms with van der Waals surface area (Å²) in [7, 11) is 3.25. The van der Waals surface area contributed by atoms with Crippen LogP contribution in [0, 0.1) is 0 Å². The Kier molecular flexibility index (Phi) is 6.67. The van der Waals surface area contributed by atoms with Gasteiger partial charge in [0.1, 0.15) is 0 Å². The fourth-order valence-electron chi connectivity index (χ4n) is 4.29. The predicted octanol–water partition coefficient (Wildman–Crippen LogP) is 4.42. The van der Waals surface area contributed by atoms with Gasteiger partial charge in [0.15, 0.2) is 11.5 Å². The molecule has 3 heterocycles. The Morgan fingerprint density at radius 3 is 2.54 bits per heavy atom. The summed E-state index contributed by atoms with van der Waals surface area (Å²) in [4.78, 5) is 19.4. The molecule has 0 bridgehead atoms. The smallest absolute Gasteiger partial charge is 0.277 e. The topological polar surface area (TPSA) is 90.6 Å². The summed E-state index contributed by atoms with van der Waals surface area (Å²) < 4.78 is 16.8. The Bertz CT molecular complexity index is 1310. The number of methoxy groups -OCH3 is 2. The van der Waals surface area contributed by atoms with Crippen molar-refractivity contribution >= 4 is 17.7 Å². The van der Waals surface area contributed by atoms with Crippen LogP contribution in [0.25, 0.3) is 11.5 Å². The fraction of sp³-hybridized carbons (Fsp3) is 0.231. The van der Waals surface area contributed by atoms with Gasteiger partial charge in [-0.1, -0.05) is 42.1 Å². The number of ether oxygens (including phenoxy) is 2. The Labute approximate surface area is 207 Å². The molecule has 0 radical (unpaired) electrons. The maximum absolute atomic E-state index is 13.5. The van der Waals surface area contributed by atoms with Gasteiger partial charge in [-0.3, -0.25) is 9.78 Å². The molecule has 0 unspecified atom stereocenters. The number of hydrogen-bond acceptors (Lipinski definition) is 8. The SMILES string of the molecule is COc1cc2c(cc1OC)[C@@H](c1ccccc1)N(C(=O)CSc1nnc(-c3ccncc3)o1)CC2. The number of pyridine rings is 1. The third-order valence-electron chi connectivity index (χ3n) is 5.96. The third kappa shape index (κ3) is 4.72. The van der Waals surface area contributed by atoms with Gasteiger partial charge in [-0.05, 0) is 47.4 Å². The van der Waals surface area contributed by atoms with Crippen LogP contribution in [0.5, 0.6) is 11.5 Å². The summed E-state index contributed by atoms with van der Waals surface area (Å²) in [6.45, 7) is 0.591. The molecule has 8 nitrogen and oxygen atoms in total. The van der Waals surface area contributed by atoms with E-state index in [0.29, 0.717) is 29.2 Å². The molecule has 0 fully saturated rings. The zero-order chi connectivity index (χ0) is 24.2. The van der Waals surface area contributed by atoms with Gasteiger partial charge in [0.25, 0.3) is 5.22 Å². The average Bonchev–Trinajstić information content (AvgIpc) is 3.40. The molecule has 1 aliphatic heterocycles. The molecule has 2 aromatic carbocycles. The van der Waals surface area contributed by atoms with Gasteiger partial charge >= 0.3 is 0 Å². The second kappa shape index (κ2) is 10.2. The zero-order valence-electron chi connectivity index (χ0n) is 19.4. The minimum absolute atomic E-state index is 0.00653. The lowest BCUT2D eigenvalue weighted by Gasteiger charge is -2.38. The number of hydrogen-bond donors (Lipinski definition) is 0. The fourth-order valence-corrected chi connectivity index (χ4v) is 4.94. The number of carbonyl (C=O) groups is 1. The molecule has 0 aliphatic carbocycles. The first-order valence-corrected chi connectivity index (χ1v) is 12.1. The summed E-state index contributed by atoms with van der Waals surface area (Å²) in [6, 6.07) is 17.4. The van der Waals surface area contributed by atoms with Crippen molar-refractivity contribution in [3.8, 4) is 23.0 Å². The number of nitrogens with zero attached hydrogens (tertiary/aromatic N) is 4. The van der Waals surface area contributed by atoms with E-state index in [-0.39, 0.29) is 17.7 Å². The molecule has 1 amide bonds.